The Hall–Kier alpha value is -6.46. The van der Waals surface area contributed by atoms with Crippen molar-refractivity contribution in [3.05, 3.63) is 99.9 Å². The van der Waals surface area contributed by atoms with Gasteiger partial charge in [0.05, 0.1) is 11.1 Å². The summed E-state index contributed by atoms with van der Waals surface area (Å²) >= 11 is 0. The summed E-state index contributed by atoms with van der Waals surface area (Å²) in [4.78, 5) is 105. The molecule has 18 heteroatoms. The van der Waals surface area contributed by atoms with Crippen LogP contribution in [-0.2, 0) is 53.7 Å². The van der Waals surface area contributed by atoms with Gasteiger partial charge in [-0.1, -0.05) is 62.8 Å². The maximum atomic E-state index is 13.8. The number of rotatable bonds is 18. The lowest BCUT2D eigenvalue weighted by Gasteiger charge is -2.31. The third kappa shape index (κ3) is 10.1. The number of piperidine rings is 1. The molecule has 3 aromatic rings. The Morgan fingerprint density at radius 3 is 2.20 bits per heavy atom. The van der Waals surface area contributed by atoms with E-state index in [2.05, 4.69) is 10.6 Å². The van der Waals surface area contributed by atoms with Gasteiger partial charge in [0.2, 0.25) is 29.2 Å². The largest absolute Gasteiger partial charge is 0.427 e. The molecule has 8 amide bonds. The first-order valence-electron chi connectivity index (χ1n) is 21.9. The SMILES string of the molecule is C[C@H](N(Cc1ccc(F)cc1)C(=O)CN1C(=O)O[C@@]2(CCc3cc(NC(=O)CCCCCCCCCCc4ccc5c(c4)C(=O)N(C4CCC(=O)NC4=O)C5=O)ccc32)C1=O)C(F)(F)F. The number of fused-ring (bicyclic) bond motifs is 3. The molecular weight excluding hydrogens is 855 g/mol. The topological polar surface area (TPSA) is 180 Å². The van der Waals surface area contributed by atoms with Gasteiger partial charge in [-0.15, -0.1) is 0 Å². The van der Waals surface area contributed by atoms with Gasteiger partial charge in [0.25, 0.3) is 17.7 Å². The number of carbonyl (C=O) groups excluding carboxylic acids is 8. The Kier molecular flexibility index (Phi) is 13.8. The first-order chi connectivity index (χ1) is 31.0. The third-order valence-corrected chi connectivity index (χ3v) is 12.6. The minimum Gasteiger partial charge on any atom is -0.427 e. The number of hydrogen-bond acceptors (Lipinski definition) is 9. The zero-order chi connectivity index (χ0) is 46.6. The van der Waals surface area contributed by atoms with Gasteiger partial charge in [-0.05, 0) is 92.1 Å². The molecule has 0 bridgehead atoms. The molecule has 7 rings (SSSR count). The Morgan fingerprint density at radius 1 is 0.846 bits per heavy atom. The lowest BCUT2D eigenvalue weighted by atomic mass is 9.94. The summed E-state index contributed by atoms with van der Waals surface area (Å²) in [6.45, 7) is -0.753. The standard InChI is InChI=1S/C47H49F4N5O9/c1-28(47(49,50)51)54(26-30-12-15-32(48)16-13-30)40(59)27-55-44(63)46(65-45(55)64)23-22-31-25-33(17-19-36(31)46)52-38(57)11-9-7-5-3-2-4-6-8-10-29-14-18-34-35(24-29)43(62)56(42(34)61)37-20-21-39(58)53-41(37)60/h12-19,24-25,28,37H,2-11,20-23,26-27H2,1H3,(H,52,57)(H,53,58,60)/t28-,37?,46+/m0/s1. The number of unbranched alkanes of at least 4 members (excludes halogenated alkanes) is 7. The van der Waals surface area contributed by atoms with Crippen LogP contribution in [0.4, 0.5) is 28.0 Å². The zero-order valence-electron chi connectivity index (χ0n) is 35.8. The van der Waals surface area contributed by atoms with Crippen molar-refractivity contribution in [2.75, 3.05) is 11.9 Å². The van der Waals surface area contributed by atoms with Crippen LogP contribution in [-0.4, -0.2) is 86.9 Å². The number of halogens is 4. The van der Waals surface area contributed by atoms with E-state index in [-0.39, 0.29) is 41.9 Å². The number of hydrogen-bond donors (Lipinski definition) is 2. The highest BCUT2D eigenvalue weighted by atomic mass is 19.4. The van der Waals surface area contributed by atoms with E-state index in [0.29, 0.717) is 45.9 Å². The highest BCUT2D eigenvalue weighted by Crippen LogP contribution is 2.46. The Bertz CT molecular complexity index is 2410. The monoisotopic (exact) mass is 903 g/mol. The first-order valence-corrected chi connectivity index (χ1v) is 21.9. The van der Waals surface area contributed by atoms with E-state index in [1.807, 2.05) is 6.07 Å². The quantitative estimate of drug-likeness (QED) is 0.0771. The fourth-order valence-electron chi connectivity index (χ4n) is 8.93. The first kappa shape index (κ1) is 46.5. The van der Waals surface area contributed by atoms with Crippen LogP contribution in [0.5, 0.6) is 0 Å². The fraction of sp³-hybridized carbons (Fsp3) is 0.447. The molecule has 1 unspecified atom stereocenters. The molecule has 3 heterocycles. The van der Waals surface area contributed by atoms with Gasteiger partial charge in [0.1, 0.15) is 24.4 Å². The number of amides is 8. The van der Waals surface area contributed by atoms with Crippen LogP contribution in [0.2, 0.25) is 0 Å². The number of benzene rings is 3. The Balaban J connectivity index is 0.806. The molecular formula is C47H49F4N5O9. The second-order valence-electron chi connectivity index (χ2n) is 17.0. The summed E-state index contributed by atoms with van der Waals surface area (Å²) in [5, 5.41) is 5.07. The smallest absolute Gasteiger partial charge is 0.418 e. The number of alkyl halides is 3. The van der Waals surface area contributed by atoms with Crippen LogP contribution in [0.1, 0.15) is 127 Å². The summed E-state index contributed by atoms with van der Waals surface area (Å²) in [6.07, 6.45) is 3.00. The van der Waals surface area contributed by atoms with Gasteiger partial charge in [-0.25, -0.2) is 14.1 Å². The van der Waals surface area contributed by atoms with Gasteiger partial charge in [0.15, 0.2) is 0 Å². The molecule has 0 radical (unpaired) electrons. The van der Waals surface area contributed by atoms with E-state index in [1.54, 1.807) is 30.3 Å². The van der Waals surface area contributed by atoms with Crippen molar-refractivity contribution >= 4 is 53.1 Å². The van der Waals surface area contributed by atoms with E-state index in [0.717, 1.165) is 80.9 Å². The number of ether oxygens (including phenoxy) is 1. The molecule has 2 fully saturated rings. The van der Waals surface area contributed by atoms with E-state index < -0.39 is 84.3 Å². The molecule has 344 valence electrons. The van der Waals surface area contributed by atoms with Crippen molar-refractivity contribution < 1.29 is 60.7 Å². The predicted molar refractivity (Wildman–Crippen MR) is 224 cm³/mol. The summed E-state index contributed by atoms with van der Waals surface area (Å²) in [5.74, 6) is -4.92. The number of nitrogens with zero attached hydrogens (tertiary/aromatic N) is 3. The van der Waals surface area contributed by atoms with Crippen LogP contribution in [0, 0.1) is 5.82 Å². The molecule has 3 atom stereocenters. The predicted octanol–water partition coefficient (Wildman–Crippen LogP) is 7.02. The molecule has 3 aromatic carbocycles. The van der Waals surface area contributed by atoms with Crippen molar-refractivity contribution in [1.82, 2.24) is 20.0 Å². The van der Waals surface area contributed by atoms with Crippen molar-refractivity contribution in [2.45, 2.75) is 127 Å². The molecule has 65 heavy (non-hydrogen) atoms. The molecule has 1 spiro atoms. The Labute approximate surface area is 372 Å². The number of imide groups is 3. The maximum absolute atomic E-state index is 13.8. The van der Waals surface area contributed by atoms with Crippen molar-refractivity contribution in [3.8, 4) is 0 Å². The van der Waals surface area contributed by atoms with Crippen molar-refractivity contribution in [1.29, 1.82) is 0 Å². The summed E-state index contributed by atoms with van der Waals surface area (Å²) < 4.78 is 60.4. The summed E-state index contributed by atoms with van der Waals surface area (Å²) in [5.41, 5.74) is 1.42. The maximum Gasteiger partial charge on any atom is 0.418 e. The lowest BCUT2D eigenvalue weighted by molar-refractivity contribution is -0.187. The number of aryl methyl sites for hydroxylation is 2. The van der Waals surface area contributed by atoms with Gasteiger partial charge in [0, 0.05) is 37.1 Å². The molecule has 3 aliphatic heterocycles. The average Bonchev–Trinajstić information content (AvgIpc) is 3.83. The molecule has 1 aliphatic carbocycles. The number of anilines is 1. The molecule has 14 nitrogen and oxygen atoms in total. The average molecular weight is 904 g/mol. The normalized spacial score (nSPS) is 19.7. The zero-order valence-corrected chi connectivity index (χ0v) is 35.8. The highest BCUT2D eigenvalue weighted by Gasteiger charge is 2.59. The van der Waals surface area contributed by atoms with Gasteiger partial charge in [-0.3, -0.25) is 43.8 Å². The second kappa shape index (κ2) is 19.3. The van der Waals surface area contributed by atoms with Gasteiger partial charge in [-0.2, -0.15) is 13.2 Å². The van der Waals surface area contributed by atoms with Crippen LogP contribution < -0.4 is 10.6 Å². The number of nitrogens with one attached hydrogen (secondary N) is 2. The van der Waals surface area contributed by atoms with E-state index in [1.165, 1.54) is 12.1 Å². The number of carbonyl (C=O) groups is 8. The van der Waals surface area contributed by atoms with Crippen LogP contribution in [0.25, 0.3) is 0 Å². The van der Waals surface area contributed by atoms with E-state index in [9.17, 15) is 55.9 Å². The Morgan fingerprint density at radius 2 is 1.51 bits per heavy atom. The van der Waals surface area contributed by atoms with Crippen molar-refractivity contribution in [3.63, 3.8) is 0 Å². The second-order valence-corrected chi connectivity index (χ2v) is 17.0. The molecule has 0 aromatic heterocycles. The molecule has 2 saturated heterocycles. The van der Waals surface area contributed by atoms with Gasteiger partial charge >= 0.3 is 12.3 Å². The van der Waals surface area contributed by atoms with Crippen LogP contribution in [0.3, 0.4) is 0 Å². The molecule has 4 aliphatic rings. The minimum absolute atomic E-state index is 0.0435. The molecule has 2 N–H and O–H groups in total. The van der Waals surface area contributed by atoms with Crippen molar-refractivity contribution in [2.24, 2.45) is 0 Å². The highest BCUT2D eigenvalue weighted by molar-refractivity contribution is 6.23. The minimum atomic E-state index is -4.83. The van der Waals surface area contributed by atoms with Crippen LogP contribution in [0.15, 0.2) is 60.7 Å². The summed E-state index contributed by atoms with van der Waals surface area (Å²) in [6, 6.07) is 11.3. The van der Waals surface area contributed by atoms with Gasteiger partial charge < -0.3 is 15.0 Å². The van der Waals surface area contributed by atoms with E-state index in [4.69, 9.17) is 4.74 Å². The van der Waals surface area contributed by atoms with Crippen LogP contribution >= 0.6 is 0 Å². The third-order valence-electron chi connectivity index (χ3n) is 12.6. The molecule has 0 saturated carbocycles. The van der Waals surface area contributed by atoms with E-state index >= 15 is 0 Å². The fourth-order valence-corrected chi connectivity index (χ4v) is 8.93. The lowest BCUT2D eigenvalue weighted by Crippen LogP contribution is -2.54. The summed E-state index contributed by atoms with van der Waals surface area (Å²) in [7, 11) is 0.